The molecule has 0 rings (SSSR count). The van der Waals surface area contributed by atoms with Crippen molar-refractivity contribution in [2.75, 3.05) is 6.26 Å². The predicted octanol–water partition coefficient (Wildman–Crippen LogP) is 1.38. The Morgan fingerprint density at radius 2 is 1.64 bits per heavy atom. The van der Waals surface area contributed by atoms with Gasteiger partial charge >= 0.3 is 0 Å². The van der Waals surface area contributed by atoms with E-state index in [1.165, 1.54) is 12.3 Å². The van der Waals surface area contributed by atoms with E-state index in [0.717, 1.165) is 0 Å². The third kappa shape index (κ3) is 4.77. The molecule has 84 valence electrons. The van der Waals surface area contributed by atoms with Crippen LogP contribution in [0, 0.1) is 5.41 Å². The lowest BCUT2D eigenvalue weighted by Crippen LogP contribution is -2.32. The Labute approximate surface area is 86.8 Å². The number of hydrogen-bond acceptors (Lipinski definition) is 3. The predicted molar refractivity (Wildman–Crippen MR) is 58.9 cm³/mol. The summed E-state index contributed by atoms with van der Waals surface area (Å²) < 4.78 is 22.9. The van der Waals surface area contributed by atoms with Crippen molar-refractivity contribution in [2.24, 2.45) is 5.41 Å². The maximum Gasteiger partial charge on any atom is 0.154 e. The van der Waals surface area contributed by atoms with Gasteiger partial charge in [-0.25, -0.2) is 8.42 Å². The zero-order valence-electron chi connectivity index (χ0n) is 9.48. The molecule has 4 heteroatoms. The highest BCUT2D eigenvalue weighted by Crippen LogP contribution is 2.26. The van der Waals surface area contributed by atoms with Crippen LogP contribution in [0.1, 0.15) is 27.7 Å². The monoisotopic (exact) mass is 220 g/mol. The van der Waals surface area contributed by atoms with Gasteiger partial charge in [-0.05, 0) is 12.3 Å². The summed E-state index contributed by atoms with van der Waals surface area (Å²) in [4.78, 5) is 0. The van der Waals surface area contributed by atoms with Crippen LogP contribution in [0.3, 0.4) is 0 Å². The summed E-state index contributed by atoms with van der Waals surface area (Å²) in [7, 11) is -3.12. The van der Waals surface area contributed by atoms with Crippen molar-refractivity contribution in [1.82, 2.24) is 0 Å². The Bertz CT molecular complexity index is 294. The second-order valence-corrected chi connectivity index (χ2v) is 6.91. The molecule has 0 bridgehead atoms. The highest BCUT2D eigenvalue weighted by atomic mass is 32.2. The lowest BCUT2D eigenvalue weighted by atomic mass is 9.91. The van der Waals surface area contributed by atoms with Gasteiger partial charge in [0.25, 0.3) is 0 Å². The van der Waals surface area contributed by atoms with Crippen molar-refractivity contribution in [3.8, 4) is 0 Å². The number of aliphatic hydroxyl groups excluding tert-OH is 1. The second-order valence-electron chi connectivity index (χ2n) is 4.74. The molecular formula is C10H20O3S. The Balaban J connectivity index is 4.97. The maximum absolute atomic E-state index is 11.5. The van der Waals surface area contributed by atoms with E-state index in [4.69, 9.17) is 5.11 Å². The highest BCUT2D eigenvalue weighted by Gasteiger charge is 2.30. The minimum atomic E-state index is -3.12. The topological polar surface area (TPSA) is 54.4 Å². The molecule has 0 unspecified atom stereocenters. The Morgan fingerprint density at radius 1 is 1.21 bits per heavy atom. The summed E-state index contributed by atoms with van der Waals surface area (Å²) in [5.41, 5.74) is -0.348. The van der Waals surface area contributed by atoms with Gasteiger partial charge in [0.2, 0.25) is 0 Å². The maximum atomic E-state index is 11.5. The molecule has 14 heavy (non-hydrogen) atoms. The number of rotatable bonds is 3. The smallest absolute Gasteiger partial charge is 0.154 e. The molecule has 0 spiro atoms. The highest BCUT2D eigenvalue weighted by molar-refractivity contribution is 7.91. The van der Waals surface area contributed by atoms with Crippen LogP contribution in [0.2, 0.25) is 0 Å². The Hall–Kier alpha value is -0.350. The molecule has 0 amide bonds. The normalized spacial score (nSPS) is 18.4. The van der Waals surface area contributed by atoms with E-state index in [0.29, 0.717) is 0 Å². The average molecular weight is 220 g/mol. The zero-order chi connectivity index (χ0) is 11.6. The van der Waals surface area contributed by atoms with Gasteiger partial charge < -0.3 is 5.11 Å². The van der Waals surface area contributed by atoms with Gasteiger partial charge in [0.1, 0.15) is 0 Å². The van der Waals surface area contributed by atoms with Crippen LogP contribution in [-0.2, 0) is 9.84 Å². The van der Waals surface area contributed by atoms with Gasteiger partial charge in [0.05, 0.1) is 11.4 Å². The SMILES string of the molecule is C[C@@H](O)/C=C/[C@@H](C(C)(C)C)S(C)(=O)=O. The van der Waals surface area contributed by atoms with E-state index in [1.807, 2.05) is 20.8 Å². The van der Waals surface area contributed by atoms with E-state index in [1.54, 1.807) is 13.0 Å². The zero-order valence-corrected chi connectivity index (χ0v) is 10.3. The largest absolute Gasteiger partial charge is 0.389 e. The minimum Gasteiger partial charge on any atom is -0.389 e. The number of sulfone groups is 1. The van der Waals surface area contributed by atoms with Crippen molar-refractivity contribution in [1.29, 1.82) is 0 Å². The molecule has 0 aliphatic heterocycles. The van der Waals surface area contributed by atoms with Gasteiger partial charge in [0.15, 0.2) is 9.84 Å². The van der Waals surface area contributed by atoms with Crippen molar-refractivity contribution in [3.05, 3.63) is 12.2 Å². The second kappa shape index (κ2) is 4.45. The van der Waals surface area contributed by atoms with Gasteiger partial charge in [0, 0.05) is 6.26 Å². The van der Waals surface area contributed by atoms with Gasteiger partial charge in [-0.2, -0.15) is 0 Å². The molecule has 0 fully saturated rings. The standard InChI is InChI=1S/C10H20O3S/c1-8(11)6-7-9(10(2,3)4)14(5,12)13/h6-9,11H,1-5H3/b7-6+/t8-,9+/m1/s1. The first-order chi connectivity index (χ1) is 6.05. The summed E-state index contributed by atoms with van der Waals surface area (Å²) in [6, 6.07) is 0. The molecule has 3 nitrogen and oxygen atoms in total. The molecule has 1 N–H and O–H groups in total. The van der Waals surface area contributed by atoms with Crippen molar-refractivity contribution >= 4 is 9.84 Å². The van der Waals surface area contributed by atoms with E-state index < -0.39 is 21.2 Å². The quantitative estimate of drug-likeness (QED) is 0.731. The van der Waals surface area contributed by atoms with Crippen LogP contribution in [0.5, 0.6) is 0 Å². The summed E-state index contributed by atoms with van der Waals surface area (Å²) >= 11 is 0. The third-order valence-corrected chi connectivity index (χ3v) is 3.67. The molecule has 0 aliphatic rings. The average Bonchev–Trinajstić information content (AvgIpc) is 1.78. The molecular weight excluding hydrogens is 200 g/mol. The summed E-state index contributed by atoms with van der Waals surface area (Å²) in [5, 5.41) is 8.50. The molecule has 0 aliphatic carbocycles. The molecule has 0 radical (unpaired) electrons. The number of hydrogen-bond donors (Lipinski definition) is 1. The van der Waals surface area contributed by atoms with Crippen LogP contribution >= 0.6 is 0 Å². The van der Waals surface area contributed by atoms with E-state index in [2.05, 4.69) is 0 Å². The first-order valence-corrected chi connectivity index (χ1v) is 6.56. The Kier molecular flexibility index (Phi) is 4.34. The molecule has 2 atom stereocenters. The van der Waals surface area contributed by atoms with Gasteiger partial charge in [-0.3, -0.25) is 0 Å². The van der Waals surface area contributed by atoms with Crippen LogP contribution in [-0.4, -0.2) is 31.1 Å². The lowest BCUT2D eigenvalue weighted by molar-refractivity contribution is 0.243. The summed E-state index contributed by atoms with van der Waals surface area (Å²) in [6.07, 6.45) is 3.69. The van der Waals surface area contributed by atoms with Crippen LogP contribution in [0.4, 0.5) is 0 Å². The summed E-state index contributed by atoms with van der Waals surface area (Å²) in [6.45, 7) is 7.19. The molecule has 0 aromatic rings. The van der Waals surface area contributed by atoms with Gasteiger partial charge in [-0.1, -0.05) is 32.9 Å². The van der Waals surface area contributed by atoms with Crippen molar-refractivity contribution in [2.45, 2.75) is 39.0 Å². The van der Waals surface area contributed by atoms with Crippen LogP contribution in [0.15, 0.2) is 12.2 Å². The fourth-order valence-electron chi connectivity index (χ4n) is 1.34. The first kappa shape index (κ1) is 13.7. The number of aliphatic hydroxyl groups is 1. The van der Waals surface area contributed by atoms with E-state index >= 15 is 0 Å². The van der Waals surface area contributed by atoms with Crippen LogP contribution in [0.25, 0.3) is 0 Å². The van der Waals surface area contributed by atoms with E-state index in [9.17, 15) is 8.42 Å². The minimum absolute atomic E-state index is 0.348. The Morgan fingerprint density at radius 3 is 1.86 bits per heavy atom. The fourth-order valence-corrected chi connectivity index (χ4v) is 3.00. The molecule has 0 heterocycles. The van der Waals surface area contributed by atoms with Crippen LogP contribution < -0.4 is 0 Å². The van der Waals surface area contributed by atoms with E-state index in [-0.39, 0.29) is 5.41 Å². The first-order valence-electron chi connectivity index (χ1n) is 4.60. The molecule has 0 saturated carbocycles. The van der Waals surface area contributed by atoms with Crippen molar-refractivity contribution < 1.29 is 13.5 Å². The fraction of sp³-hybridized carbons (Fsp3) is 0.800. The molecule has 0 aromatic heterocycles. The molecule has 0 aromatic carbocycles. The van der Waals surface area contributed by atoms with Crippen molar-refractivity contribution in [3.63, 3.8) is 0 Å². The van der Waals surface area contributed by atoms with Gasteiger partial charge in [-0.15, -0.1) is 0 Å². The lowest BCUT2D eigenvalue weighted by Gasteiger charge is -2.26. The summed E-state index contributed by atoms with van der Waals surface area (Å²) in [5.74, 6) is 0. The third-order valence-electron chi connectivity index (χ3n) is 1.88. The molecule has 0 saturated heterocycles.